The third kappa shape index (κ3) is 3.27. The van der Waals surface area contributed by atoms with Gasteiger partial charge in [0.25, 0.3) is 0 Å². The molecule has 0 unspecified atom stereocenters. The molecule has 1 aliphatic heterocycles. The fourth-order valence-electron chi connectivity index (χ4n) is 5.17. The zero-order valence-corrected chi connectivity index (χ0v) is 16.8. The molecule has 2 aliphatic carbocycles. The van der Waals surface area contributed by atoms with Crippen LogP contribution in [0, 0.1) is 17.8 Å². The van der Waals surface area contributed by atoms with Crippen molar-refractivity contribution in [3.05, 3.63) is 83.9 Å². The lowest BCUT2D eigenvalue weighted by molar-refractivity contribution is -0.184. The van der Waals surface area contributed by atoms with Crippen molar-refractivity contribution >= 4 is 17.7 Å². The molecule has 6 nitrogen and oxygen atoms in total. The van der Waals surface area contributed by atoms with Gasteiger partial charge in [-0.15, -0.1) is 0 Å². The molecule has 0 aromatic heterocycles. The smallest absolute Gasteiger partial charge is 0.339 e. The molecular formula is C25H22O6. The van der Waals surface area contributed by atoms with Crippen LogP contribution >= 0.6 is 0 Å². The summed E-state index contributed by atoms with van der Waals surface area (Å²) < 4.78 is 17.3. The number of esters is 2. The van der Waals surface area contributed by atoms with Gasteiger partial charge in [0.2, 0.25) is 5.78 Å². The van der Waals surface area contributed by atoms with Gasteiger partial charge in [0, 0.05) is 11.8 Å². The number of hydrogen-bond donors (Lipinski definition) is 0. The lowest BCUT2D eigenvalue weighted by atomic mass is 9.71. The number of carbonyl (C=O) groups excluding carboxylic acids is 3. The number of ketones is 1. The summed E-state index contributed by atoms with van der Waals surface area (Å²) in [5, 5.41) is 0. The molecule has 2 aromatic carbocycles. The third-order valence-corrected chi connectivity index (χ3v) is 6.55. The first kappa shape index (κ1) is 19.7. The Morgan fingerprint density at radius 3 is 2.26 bits per heavy atom. The number of benzene rings is 2. The highest BCUT2D eigenvalue weighted by atomic mass is 16.6. The molecule has 5 rings (SSSR count). The largest absolute Gasteiger partial charge is 0.459 e. The second-order valence-electron chi connectivity index (χ2n) is 8.20. The van der Waals surface area contributed by atoms with Crippen LogP contribution in [0.3, 0.4) is 0 Å². The topological polar surface area (TPSA) is 78.9 Å². The number of rotatable bonds is 5. The van der Waals surface area contributed by atoms with Crippen molar-refractivity contribution in [2.75, 3.05) is 13.2 Å². The normalized spacial score (nSPS) is 30.6. The van der Waals surface area contributed by atoms with E-state index >= 15 is 0 Å². The molecule has 0 spiro atoms. The van der Waals surface area contributed by atoms with Crippen LogP contribution in [-0.2, 0) is 19.0 Å². The van der Waals surface area contributed by atoms with E-state index in [0.717, 1.165) is 0 Å². The molecule has 5 atom stereocenters. The van der Waals surface area contributed by atoms with E-state index in [4.69, 9.17) is 14.2 Å². The highest BCUT2D eigenvalue weighted by Crippen LogP contribution is 2.56. The van der Waals surface area contributed by atoms with Gasteiger partial charge >= 0.3 is 11.9 Å². The minimum atomic E-state index is -1.28. The quantitative estimate of drug-likeness (QED) is 0.548. The van der Waals surface area contributed by atoms with Crippen molar-refractivity contribution < 1.29 is 28.6 Å². The Hall–Kier alpha value is -3.25. The standard InChI is InChI=1S/C25H22O6/c26-21-15-29-20(14-30-23(27)16-7-3-1-4-8-16)22-18-11-12-19(13-18)25(21,22)31-24(28)17-9-5-2-6-10-17/h1-12,18-20,22H,13-15H2/t18-,19+,20+,22-,25+/m0/s1. The van der Waals surface area contributed by atoms with Crippen LogP contribution in [0.15, 0.2) is 72.8 Å². The van der Waals surface area contributed by atoms with E-state index in [1.54, 1.807) is 48.5 Å². The molecule has 0 N–H and O–H groups in total. The summed E-state index contributed by atoms with van der Waals surface area (Å²) in [5.74, 6) is -1.77. The van der Waals surface area contributed by atoms with E-state index in [1.807, 2.05) is 18.2 Å². The summed E-state index contributed by atoms with van der Waals surface area (Å²) in [6.07, 6.45) is 4.20. The Morgan fingerprint density at radius 1 is 0.935 bits per heavy atom. The van der Waals surface area contributed by atoms with E-state index in [9.17, 15) is 14.4 Å². The number of Topliss-reactive ketones (excluding diaryl/α,β-unsaturated/α-hetero) is 1. The summed E-state index contributed by atoms with van der Waals surface area (Å²) in [7, 11) is 0. The maximum Gasteiger partial charge on any atom is 0.339 e. The van der Waals surface area contributed by atoms with Crippen LogP contribution < -0.4 is 0 Å². The SMILES string of the molecule is O=C(OC[C@H]1OCC(=O)[C@@]2(OC(=O)c3ccccc3)[C@H]1[C@H]1C=C[C@@H]2C1)c1ccccc1. The predicted molar refractivity (Wildman–Crippen MR) is 110 cm³/mol. The molecule has 31 heavy (non-hydrogen) atoms. The fraction of sp³-hybridized carbons (Fsp3) is 0.320. The van der Waals surface area contributed by atoms with Crippen molar-refractivity contribution in [2.45, 2.75) is 18.1 Å². The Labute approximate surface area is 179 Å². The summed E-state index contributed by atoms with van der Waals surface area (Å²) in [5.41, 5.74) is -0.438. The maximum atomic E-state index is 13.1. The number of fused-ring (bicyclic) bond motifs is 5. The molecule has 1 heterocycles. The number of carbonyl (C=O) groups is 3. The molecule has 2 aromatic rings. The van der Waals surface area contributed by atoms with Crippen LogP contribution in [0.2, 0.25) is 0 Å². The summed E-state index contributed by atoms with van der Waals surface area (Å²) in [6.45, 7) is -0.184. The monoisotopic (exact) mass is 418 g/mol. The summed E-state index contributed by atoms with van der Waals surface area (Å²) in [4.78, 5) is 38.4. The van der Waals surface area contributed by atoms with Gasteiger partial charge in [0.1, 0.15) is 13.2 Å². The second kappa shape index (κ2) is 7.78. The Bertz CT molecular complexity index is 1030. The lowest BCUT2D eigenvalue weighted by Gasteiger charge is -2.46. The molecule has 3 aliphatic rings. The highest BCUT2D eigenvalue weighted by Gasteiger charge is 2.67. The summed E-state index contributed by atoms with van der Waals surface area (Å²) in [6, 6.07) is 17.4. The minimum absolute atomic E-state index is 0.00658. The van der Waals surface area contributed by atoms with Gasteiger partial charge in [0.15, 0.2) is 5.60 Å². The predicted octanol–water partition coefficient (Wildman–Crippen LogP) is 3.23. The molecular weight excluding hydrogens is 396 g/mol. The van der Waals surface area contributed by atoms with Crippen LogP contribution in [0.4, 0.5) is 0 Å². The van der Waals surface area contributed by atoms with E-state index in [-0.39, 0.29) is 36.8 Å². The van der Waals surface area contributed by atoms with Gasteiger partial charge < -0.3 is 14.2 Å². The minimum Gasteiger partial charge on any atom is -0.459 e. The number of ether oxygens (including phenoxy) is 3. The Morgan fingerprint density at radius 2 is 1.58 bits per heavy atom. The molecule has 0 amide bonds. The van der Waals surface area contributed by atoms with Crippen molar-refractivity contribution in [3.63, 3.8) is 0 Å². The second-order valence-corrected chi connectivity index (χ2v) is 8.20. The highest BCUT2D eigenvalue weighted by molar-refractivity contribution is 5.97. The van der Waals surface area contributed by atoms with Crippen LogP contribution in [0.1, 0.15) is 27.1 Å². The third-order valence-electron chi connectivity index (χ3n) is 6.55. The Balaban J connectivity index is 1.39. The Kier molecular flexibility index (Phi) is 4.94. The molecule has 158 valence electrons. The molecule has 1 saturated carbocycles. The maximum absolute atomic E-state index is 13.1. The molecule has 0 radical (unpaired) electrons. The molecule has 6 heteroatoms. The summed E-state index contributed by atoms with van der Waals surface area (Å²) >= 11 is 0. The fourth-order valence-corrected chi connectivity index (χ4v) is 5.17. The number of hydrogen-bond acceptors (Lipinski definition) is 6. The average molecular weight is 418 g/mol. The van der Waals surface area contributed by atoms with E-state index in [0.29, 0.717) is 17.5 Å². The van der Waals surface area contributed by atoms with E-state index < -0.39 is 23.6 Å². The molecule has 1 saturated heterocycles. The van der Waals surface area contributed by atoms with Crippen LogP contribution in [0.5, 0.6) is 0 Å². The molecule has 2 bridgehead atoms. The van der Waals surface area contributed by atoms with Crippen molar-refractivity contribution in [1.82, 2.24) is 0 Å². The van der Waals surface area contributed by atoms with E-state index in [1.165, 1.54) is 0 Å². The van der Waals surface area contributed by atoms with Crippen molar-refractivity contribution in [2.24, 2.45) is 17.8 Å². The van der Waals surface area contributed by atoms with E-state index in [2.05, 4.69) is 6.08 Å². The van der Waals surface area contributed by atoms with Gasteiger partial charge in [-0.2, -0.15) is 0 Å². The number of allylic oxidation sites excluding steroid dienone is 1. The van der Waals surface area contributed by atoms with Gasteiger partial charge in [-0.3, -0.25) is 4.79 Å². The van der Waals surface area contributed by atoms with Gasteiger partial charge in [0.05, 0.1) is 17.2 Å². The van der Waals surface area contributed by atoms with Crippen LogP contribution in [0.25, 0.3) is 0 Å². The van der Waals surface area contributed by atoms with Gasteiger partial charge in [-0.25, -0.2) is 9.59 Å². The first-order chi connectivity index (χ1) is 15.1. The first-order valence-electron chi connectivity index (χ1n) is 10.4. The zero-order chi connectivity index (χ0) is 21.4. The van der Waals surface area contributed by atoms with Crippen molar-refractivity contribution in [1.29, 1.82) is 0 Å². The first-order valence-corrected chi connectivity index (χ1v) is 10.4. The van der Waals surface area contributed by atoms with Crippen molar-refractivity contribution in [3.8, 4) is 0 Å². The zero-order valence-electron chi connectivity index (χ0n) is 16.8. The lowest BCUT2D eigenvalue weighted by Crippen LogP contribution is -2.62. The van der Waals surface area contributed by atoms with Crippen LogP contribution in [-0.4, -0.2) is 42.6 Å². The molecule has 2 fully saturated rings. The van der Waals surface area contributed by atoms with Gasteiger partial charge in [-0.1, -0.05) is 48.6 Å². The average Bonchev–Trinajstić information content (AvgIpc) is 3.41. The van der Waals surface area contributed by atoms with Gasteiger partial charge in [-0.05, 0) is 36.6 Å².